The molecule has 0 aliphatic carbocycles. The predicted octanol–water partition coefficient (Wildman–Crippen LogP) is 3.12. The Hall–Kier alpha value is -1.60. The third kappa shape index (κ3) is 3.59. The summed E-state index contributed by atoms with van der Waals surface area (Å²) in [6.45, 7) is 3.57. The van der Waals surface area contributed by atoms with E-state index in [1.165, 1.54) is 11.8 Å². The van der Waals surface area contributed by atoms with Crippen LogP contribution in [0.3, 0.4) is 0 Å². The Bertz CT molecular complexity index is 605. The Balaban J connectivity index is 2.20. The van der Waals surface area contributed by atoms with Crippen LogP contribution < -0.4 is 0 Å². The van der Waals surface area contributed by atoms with E-state index >= 15 is 0 Å². The topological polar surface area (TPSA) is 81.8 Å². The van der Waals surface area contributed by atoms with Crippen LogP contribution in [-0.4, -0.2) is 34.6 Å². The Morgan fingerprint density at radius 1 is 1.50 bits per heavy atom. The molecule has 2 rings (SSSR count). The average molecular weight is 343 g/mol. The van der Waals surface area contributed by atoms with Gasteiger partial charge in [-0.3, -0.25) is 15.1 Å². The molecule has 118 valence electrons. The van der Waals surface area contributed by atoms with Crippen LogP contribution in [0.4, 0.5) is 0 Å². The number of aliphatic imine (C=N–C) groups is 1. The molecule has 3 atom stereocenters. The summed E-state index contributed by atoms with van der Waals surface area (Å²) in [5.74, 6) is -0.872. The quantitative estimate of drug-likeness (QED) is 0.466. The van der Waals surface area contributed by atoms with E-state index in [1.807, 2.05) is 19.1 Å². The SMILES string of the molecule is CCOC(=O)C(C1=NC(C)C(c2ccc(Cl)cc2)S1)[N+](=O)[O-]. The lowest BCUT2D eigenvalue weighted by atomic mass is 10.1. The van der Waals surface area contributed by atoms with Crippen molar-refractivity contribution < 1.29 is 14.5 Å². The molecule has 0 N–H and O–H groups in total. The molecular formula is C14H15ClN2O4S. The molecule has 1 heterocycles. The number of thioether (sulfide) groups is 1. The summed E-state index contributed by atoms with van der Waals surface area (Å²) in [6.07, 6.45) is 0. The van der Waals surface area contributed by atoms with Crippen LogP contribution in [0.25, 0.3) is 0 Å². The lowest BCUT2D eigenvalue weighted by Gasteiger charge is -2.14. The molecular weight excluding hydrogens is 328 g/mol. The third-order valence-corrected chi connectivity index (χ3v) is 4.91. The van der Waals surface area contributed by atoms with Crippen LogP contribution in [0.5, 0.6) is 0 Å². The zero-order valence-electron chi connectivity index (χ0n) is 12.1. The van der Waals surface area contributed by atoms with E-state index in [9.17, 15) is 14.9 Å². The summed E-state index contributed by atoms with van der Waals surface area (Å²) in [7, 11) is 0. The summed E-state index contributed by atoms with van der Waals surface area (Å²) < 4.78 is 4.78. The summed E-state index contributed by atoms with van der Waals surface area (Å²) in [5, 5.41) is 11.9. The van der Waals surface area contributed by atoms with Gasteiger partial charge in [0.2, 0.25) is 0 Å². The Morgan fingerprint density at radius 3 is 2.68 bits per heavy atom. The van der Waals surface area contributed by atoms with Crippen molar-refractivity contribution in [3.05, 3.63) is 45.0 Å². The van der Waals surface area contributed by atoms with Crippen molar-refractivity contribution in [1.82, 2.24) is 0 Å². The minimum Gasteiger partial charge on any atom is -0.461 e. The minimum absolute atomic E-state index is 0.0795. The summed E-state index contributed by atoms with van der Waals surface area (Å²) in [4.78, 5) is 26.6. The standard InChI is InChI=1S/C14H15ClN2O4S/c1-3-21-14(18)11(17(19)20)13-16-8(2)12(22-13)9-4-6-10(15)7-5-9/h4-8,11-12H,3H2,1-2H3. The van der Waals surface area contributed by atoms with E-state index in [-0.39, 0.29) is 22.9 Å². The third-order valence-electron chi connectivity index (χ3n) is 3.17. The number of halogens is 1. The van der Waals surface area contributed by atoms with Gasteiger partial charge in [0.1, 0.15) is 0 Å². The number of rotatable bonds is 5. The number of carbonyl (C=O) groups is 1. The van der Waals surface area contributed by atoms with Gasteiger partial charge in [0.15, 0.2) is 5.04 Å². The fraction of sp³-hybridized carbons (Fsp3) is 0.429. The van der Waals surface area contributed by atoms with E-state index in [0.29, 0.717) is 5.02 Å². The highest BCUT2D eigenvalue weighted by Crippen LogP contribution is 2.41. The lowest BCUT2D eigenvalue weighted by Crippen LogP contribution is -2.37. The summed E-state index contributed by atoms with van der Waals surface area (Å²) in [5.41, 5.74) is 0.964. The van der Waals surface area contributed by atoms with Crippen molar-refractivity contribution in [2.75, 3.05) is 6.61 Å². The Morgan fingerprint density at radius 2 is 2.14 bits per heavy atom. The number of esters is 1. The monoisotopic (exact) mass is 342 g/mol. The molecule has 1 aromatic rings. The molecule has 8 heteroatoms. The highest BCUT2D eigenvalue weighted by molar-refractivity contribution is 8.14. The van der Waals surface area contributed by atoms with Crippen LogP contribution in [0.1, 0.15) is 24.7 Å². The van der Waals surface area contributed by atoms with Crippen LogP contribution in [0, 0.1) is 10.1 Å². The molecule has 0 saturated carbocycles. The van der Waals surface area contributed by atoms with Crippen molar-refractivity contribution in [2.24, 2.45) is 4.99 Å². The molecule has 0 amide bonds. The second-order valence-corrected chi connectivity index (χ2v) is 6.34. The smallest absolute Gasteiger partial charge is 0.388 e. The second-order valence-electron chi connectivity index (χ2n) is 4.74. The van der Waals surface area contributed by atoms with Gasteiger partial charge in [0.05, 0.1) is 17.9 Å². The van der Waals surface area contributed by atoms with E-state index < -0.39 is 16.9 Å². The lowest BCUT2D eigenvalue weighted by molar-refractivity contribution is -0.491. The number of hydrogen-bond acceptors (Lipinski definition) is 6. The molecule has 0 fully saturated rings. The van der Waals surface area contributed by atoms with Crippen LogP contribution in [-0.2, 0) is 9.53 Å². The molecule has 1 aliphatic heterocycles. The first kappa shape index (κ1) is 16.8. The van der Waals surface area contributed by atoms with Crippen molar-refractivity contribution in [2.45, 2.75) is 31.2 Å². The fourth-order valence-corrected chi connectivity index (χ4v) is 3.64. The van der Waals surface area contributed by atoms with Crippen LogP contribution >= 0.6 is 23.4 Å². The first-order valence-electron chi connectivity index (χ1n) is 6.74. The largest absolute Gasteiger partial charge is 0.461 e. The second kappa shape index (κ2) is 7.11. The van der Waals surface area contributed by atoms with Gasteiger partial charge in [-0.15, -0.1) is 0 Å². The van der Waals surface area contributed by atoms with Crippen LogP contribution in [0.2, 0.25) is 5.02 Å². The summed E-state index contributed by atoms with van der Waals surface area (Å²) >= 11 is 7.10. The normalized spacial score (nSPS) is 22.0. The number of hydrogen-bond donors (Lipinski definition) is 0. The van der Waals surface area contributed by atoms with E-state index in [2.05, 4.69) is 4.99 Å². The van der Waals surface area contributed by atoms with Gasteiger partial charge < -0.3 is 4.74 Å². The first-order valence-corrected chi connectivity index (χ1v) is 7.99. The summed E-state index contributed by atoms with van der Waals surface area (Å²) in [6, 6.07) is 5.53. The maximum absolute atomic E-state index is 11.8. The minimum atomic E-state index is -1.55. The number of ether oxygens (including phenoxy) is 1. The number of nitro groups is 1. The Labute approximate surface area is 137 Å². The van der Waals surface area contributed by atoms with Crippen LogP contribution in [0.15, 0.2) is 29.3 Å². The zero-order chi connectivity index (χ0) is 16.3. The van der Waals surface area contributed by atoms with Gasteiger partial charge in [-0.25, -0.2) is 4.79 Å². The molecule has 1 aromatic carbocycles. The van der Waals surface area contributed by atoms with Crippen molar-refractivity contribution in [3.8, 4) is 0 Å². The van der Waals surface area contributed by atoms with Crippen molar-refractivity contribution in [3.63, 3.8) is 0 Å². The van der Waals surface area contributed by atoms with Gasteiger partial charge in [0, 0.05) is 9.95 Å². The van der Waals surface area contributed by atoms with Crippen molar-refractivity contribution >= 4 is 34.4 Å². The predicted molar refractivity (Wildman–Crippen MR) is 86.1 cm³/mol. The van der Waals surface area contributed by atoms with E-state index in [1.54, 1.807) is 19.1 Å². The molecule has 1 aliphatic rings. The maximum atomic E-state index is 11.8. The van der Waals surface area contributed by atoms with Gasteiger partial charge in [0.25, 0.3) is 0 Å². The maximum Gasteiger partial charge on any atom is 0.388 e. The zero-order valence-corrected chi connectivity index (χ0v) is 13.6. The highest BCUT2D eigenvalue weighted by atomic mass is 35.5. The van der Waals surface area contributed by atoms with Gasteiger partial charge >= 0.3 is 12.0 Å². The molecule has 22 heavy (non-hydrogen) atoms. The molecule has 0 bridgehead atoms. The number of nitrogens with zero attached hydrogens (tertiary/aromatic N) is 2. The van der Waals surface area contributed by atoms with Gasteiger partial charge in [-0.05, 0) is 31.5 Å². The van der Waals surface area contributed by atoms with Gasteiger partial charge in [-0.1, -0.05) is 35.5 Å². The molecule has 0 aromatic heterocycles. The molecule has 0 spiro atoms. The van der Waals surface area contributed by atoms with E-state index in [4.69, 9.17) is 16.3 Å². The average Bonchev–Trinajstić information content (AvgIpc) is 2.81. The highest BCUT2D eigenvalue weighted by Gasteiger charge is 2.43. The van der Waals surface area contributed by atoms with E-state index in [0.717, 1.165) is 5.56 Å². The first-order chi connectivity index (χ1) is 10.4. The molecule has 0 radical (unpaired) electrons. The number of carbonyl (C=O) groups excluding carboxylic acids is 1. The van der Waals surface area contributed by atoms with Gasteiger partial charge in [-0.2, -0.15) is 0 Å². The molecule has 0 saturated heterocycles. The van der Waals surface area contributed by atoms with Crippen molar-refractivity contribution in [1.29, 1.82) is 0 Å². The fourth-order valence-electron chi connectivity index (χ4n) is 2.16. The Kier molecular flexibility index (Phi) is 5.42. The number of benzene rings is 1. The molecule has 3 unspecified atom stereocenters. The molecule has 6 nitrogen and oxygen atoms in total.